The van der Waals surface area contributed by atoms with Crippen LogP contribution < -0.4 is 10.6 Å². The Kier molecular flexibility index (Phi) is 6.60. The van der Waals surface area contributed by atoms with Crippen LogP contribution in [0, 0.1) is 11.3 Å². The molecule has 0 radical (unpaired) electrons. The number of alkyl halides is 3. The highest BCUT2D eigenvalue weighted by molar-refractivity contribution is 6.31. The summed E-state index contributed by atoms with van der Waals surface area (Å²) in [6.45, 7) is 6.07. The third kappa shape index (κ3) is 5.75. The van der Waals surface area contributed by atoms with Crippen molar-refractivity contribution < 1.29 is 18.0 Å². The van der Waals surface area contributed by atoms with Gasteiger partial charge in [0, 0.05) is 17.6 Å². The van der Waals surface area contributed by atoms with Crippen molar-refractivity contribution in [1.82, 2.24) is 0 Å². The predicted molar refractivity (Wildman–Crippen MR) is 108 cm³/mol. The number of anilines is 2. The van der Waals surface area contributed by atoms with Crippen LogP contribution in [0.1, 0.15) is 31.9 Å². The van der Waals surface area contributed by atoms with E-state index < -0.39 is 22.7 Å². The van der Waals surface area contributed by atoms with Crippen LogP contribution in [-0.2, 0) is 16.4 Å². The first-order valence-electron chi connectivity index (χ1n) is 8.58. The second-order valence-corrected chi connectivity index (χ2v) is 7.66. The molecule has 2 aromatic rings. The molecular formula is C21H19ClF3N3O. The quantitative estimate of drug-likeness (QED) is 0.462. The number of para-hydroxylation sites is 1. The number of nitrogens with one attached hydrogen (secondary N) is 2. The third-order valence-electron chi connectivity index (χ3n) is 4.00. The molecule has 0 aliphatic rings. The zero-order chi connectivity index (χ0) is 21.8. The molecule has 8 heteroatoms. The second-order valence-electron chi connectivity index (χ2n) is 7.26. The number of halogens is 4. The van der Waals surface area contributed by atoms with Gasteiger partial charge >= 0.3 is 6.18 Å². The van der Waals surface area contributed by atoms with Gasteiger partial charge in [-0.05, 0) is 35.2 Å². The maximum atomic E-state index is 13.0. The third-order valence-corrected chi connectivity index (χ3v) is 4.33. The summed E-state index contributed by atoms with van der Waals surface area (Å²) >= 11 is 5.57. The smallest absolute Gasteiger partial charge is 0.360 e. The lowest BCUT2D eigenvalue weighted by atomic mass is 9.86. The van der Waals surface area contributed by atoms with Crippen LogP contribution in [0.2, 0.25) is 5.02 Å². The summed E-state index contributed by atoms with van der Waals surface area (Å²) in [5, 5.41) is 14.0. The lowest BCUT2D eigenvalue weighted by Crippen LogP contribution is -2.16. The van der Waals surface area contributed by atoms with Crippen molar-refractivity contribution in [2.75, 3.05) is 10.6 Å². The summed E-state index contributed by atoms with van der Waals surface area (Å²) in [5.41, 5.74) is 0.0220. The zero-order valence-electron chi connectivity index (χ0n) is 16.0. The fourth-order valence-corrected chi connectivity index (χ4v) is 2.80. The molecule has 4 nitrogen and oxygen atoms in total. The van der Waals surface area contributed by atoms with E-state index in [1.165, 1.54) is 12.3 Å². The van der Waals surface area contributed by atoms with Gasteiger partial charge in [0.15, 0.2) is 0 Å². The Morgan fingerprint density at radius 3 is 2.34 bits per heavy atom. The minimum atomic E-state index is -4.66. The number of benzene rings is 2. The number of hydrogen-bond acceptors (Lipinski definition) is 3. The number of amides is 1. The summed E-state index contributed by atoms with van der Waals surface area (Å²) in [6.07, 6.45) is -3.44. The normalized spacial score (nSPS) is 12.3. The molecule has 0 fully saturated rings. The highest BCUT2D eigenvalue weighted by Gasteiger charge is 2.33. The number of nitriles is 1. The van der Waals surface area contributed by atoms with Crippen molar-refractivity contribution in [3.63, 3.8) is 0 Å². The van der Waals surface area contributed by atoms with Crippen LogP contribution in [0.25, 0.3) is 0 Å². The average Bonchev–Trinajstić information content (AvgIpc) is 2.62. The van der Waals surface area contributed by atoms with Crippen molar-refractivity contribution >= 4 is 28.9 Å². The first-order chi connectivity index (χ1) is 13.4. The highest BCUT2D eigenvalue weighted by atomic mass is 35.5. The maximum absolute atomic E-state index is 13.0. The monoisotopic (exact) mass is 421 g/mol. The lowest BCUT2D eigenvalue weighted by Gasteiger charge is -2.22. The molecule has 0 spiro atoms. The predicted octanol–water partition coefficient (Wildman–Crippen LogP) is 6.11. The minimum Gasteiger partial charge on any atom is -0.360 e. The number of nitrogens with zero attached hydrogens (tertiary/aromatic N) is 1. The van der Waals surface area contributed by atoms with E-state index in [4.69, 9.17) is 11.6 Å². The molecule has 0 aromatic heterocycles. The first kappa shape index (κ1) is 22.3. The van der Waals surface area contributed by atoms with Crippen molar-refractivity contribution in [1.29, 1.82) is 5.26 Å². The van der Waals surface area contributed by atoms with Gasteiger partial charge in [0.25, 0.3) is 5.91 Å². The van der Waals surface area contributed by atoms with Crippen LogP contribution >= 0.6 is 11.6 Å². The summed E-state index contributed by atoms with van der Waals surface area (Å²) < 4.78 is 38.9. The summed E-state index contributed by atoms with van der Waals surface area (Å²) in [5.74, 6) is -0.844. The second kappa shape index (κ2) is 8.58. The van der Waals surface area contributed by atoms with Gasteiger partial charge in [-0.2, -0.15) is 18.4 Å². The number of hydrogen-bond donors (Lipinski definition) is 2. The largest absolute Gasteiger partial charge is 0.417 e. The van der Waals surface area contributed by atoms with E-state index in [9.17, 15) is 23.2 Å². The molecular weight excluding hydrogens is 403 g/mol. The molecule has 29 heavy (non-hydrogen) atoms. The van der Waals surface area contributed by atoms with Crippen LogP contribution in [-0.4, -0.2) is 5.91 Å². The van der Waals surface area contributed by atoms with E-state index >= 15 is 0 Å². The van der Waals surface area contributed by atoms with E-state index in [-0.39, 0.29) is 16.7 Å². The molecule has 0 aliphatic carbocycles. The molecule has 0 bridgehead atoms. The molecule has 152 valence electrons. The summed E-state index contributed by atoms with van der Waals surface area (Å²) in [6, 6.07) is 12.1. The van der Waals surface area contributed by atoms with Gasteiger partial charge in [-0.25, -0.2) is 0 Å². The van der Waals surface area contributed by atoms with Gasteiger partial charge < -0.3 is 10.6 Å². The topological polar surface area (TPSA) is 64.9 Å². The SMILES string of the molecule is CC(C)(C)c1ccccc1N/C=C(/C#N)C(=O)Nc1ccc(Cl)c(C(F)(F)F)c1. The minimum absolute atomic E-state index is 0.122. The lowest BCUT2D eigenvalue weighted by molar-refractivity contribution is -0.137. The molecule has 0 saturated heterocycles. The number of carbonyl (C=O) groups is 1. The van der Waals surface area contributed by atoms with Gasteiger partial charge in [-0.3, -0.25) is 4.79 Å². The molecule has 2 N–H and O–H groups in total. The summed E-state index contributed by atoms with van der Waals surface area (Å²) in [7, 11) is 0. The van der Waals surface area contributed by atoms with Crippen molar-refractivity contribution in [3.8, 4) is 6.07 Å². The van der Waals surface area contributed by atoms with Crippen LogP contribution in [0.5, 0.6) is 0 Å². The van der Waals surface area contributed by atoms with Crippen LogP contribution in [0.4, 0.5) is 24.5 Å². The zero-order valence-corrected chi connectivity index (χ0v) is 16.7. The van der Waals surface area contributed by atoms with Crippen LogP contribution in [0.15, 0.2) is 54.2 Å². The molecule has 2 rings (SSSR count). The highest BCUT2D eigenvalue weighted by Crippen LogP contribution is 2.36. The summed E-state index contributed by atoms with van der Waals surface area (Å²) in [4.78, 5) is 12.3. The number of rotatable bonds is 4. The molecule has 0 heterocycles. The molecule has 1 amide bonds. The Morgan fingerprint density at radius 1 is 1.10 bits per heavy atom. The fourth-order valence-electron chi connectivity index (χ4n) is 2.58. The van der Waals surface area contributed by atoms with Gasteiger partial charge in [-0.15, -0.1) is 0 Å². The Morgan fingerprint density at radius 2 is 1.76 bits per heavy atom. The standard InChI is InChI=1S/C21H19ClF3N3O/c1-20(2,3)15-6-4-5-7-18(15)27-12-13(11-26)19(29)28-14-8-9-17(22)16(10-14)21(23,24)25/h4-10,12,27H,1-3H3,(H,28,29)/b13-12-. The molecule has 2 aromatic carbocycles. The average molecular weight is 422 g/mol. The Labute approximate surface area is 172 Å². The Hall–Kier alpha value is -2.98. The van der Waals surface area contributed by atoms with E-state index in [2.05, 4.69) is 10.6 Å². The first-order valence-corrected chi connectivity index (χ1v) is 8.95. The van der Waals surface area contributed by atoms with Crippen LogP contribution in [0.3, 0.4) is 0 Å². The van der Waals surface area contributed by atoms with Gasteiger partial charge in [0.05, 0.1) is 10.6 Å². The van der Waals surface area contributed by atoms with E-state index in [0.29, 0.717) is 5.69 Å². The van der Waals surface area contributed by atoms with Crippen molar-refractivity contribution in [2.45, 2.75) is 32.4 Å². The van der Waals surface area contributed by atoms with E-state index in [0.717, 1.165) is 17.7 Å². The number of carbonyl (C=O) groups excluding carboxylic acids is 1. The van der Waals surface area contributed by atoms with E-state index in [1.807, 2.05) is 39.0 Å². The Balaban J connectivity index is 2.24. The van der Waals surface area contributed by atoms with Crippen molar-refractivity contribution in [2.24, 2.45) is 0 Å². The van der Waals surface area contributed by atoms with Crippen molar-refractivity contribution in [3.05, 3.63) is 70.4 Å². The van der Waals surface area contributed by atoms with Gasteiger partial charge in [0.2, 0.25) is 0 Å². The molecule has 0 atom stereocenters. The maximum Gasteiger partial charge on any atom is 0.417 e. The fraction of sp³-hybridized carbons (Fsp3) is 0.238. The van der Waals surface area contributed by atoms with Gasteiger partial charge in [0.1, 0.15) is 11.6 Å². The molecule has 0 saturated carbocycles. The molecule has 0 aliphatic heterocycles. The Bertz CT molecular complexity index is 986. The van der Waals surface area contributed by atoms with E-state index in [1.54, 1.807) is 12.1 Å². The molecule has 0 unspecified atom stereocenters. The van der Waals surface area contributed by atoms with Gasteiger partial charge in [-0.1, -0.05) is 50.6 Å².